The fraction of sp³-hybridized carbons (Fsp3) is 0.318. The van der Waals surface area contributed by atoms with Crippen molar-refractivity contribution in [3.63, 3.8) is 0 Å². The van der Waals surface area contributed by atoms with E-state index >= 15 is 0 Å². The number of aliphatic imine (C=N–C) groups is 1. The first-order valence-electron chi connectivity index (χ1n) is 9.89. The number of aryl methyl sites for hydroxylation is 1. The van der Waals surface area contributed by atoms with Crippen LogP contribution in [0.1, 0.15) is 37.9 Å². The van der Waals surface area contributed by atoms with Gasteiger partial charge in [0.1, 0.15) is 17.1 Å². The van der Waals surface area contributed by atoms with Crippen molar-refractivity contribution < 1.29 is 0 Å². The smallest absolute Gasteiger partial charge is 0.182 e. The molecular formula is C22H25N7. The Bertz CT molecular complexity index is 1110. The number of imidazole rings is 1. The first kappa shape index (κ1) is 19.0. The van der Waals surface area contributed by atoms with E-state index < -0.39 is 0 Å². The summed E-state index contributed by atoms with van der Waals surface area (Å²) < 4.78 is 1.85. The summed E-state index contributed by atoms with van der Waals surface area (Å²) >= 11 is 0. The number of fused-ring (bicyclic) bond motifs is 1. The summed E-state index contributed by atoms with van der Waals surface area (Å²) in [6.45, 7) is 12.4. The molecule has 7 nitrogen and oxygen atoms in total. The average molecular weight is 387 g/mol. The Morgan fingerprint density at radius 3 is 2.52 bits per heavy atom. The summed E-state index contributed by atoms with van der Waals surface area (Å²) in [5.41, 5.74) is 7.38. The molecule has 0 bridgehead atoms. The summed E-state index contributed by atoms with van der Waals surface area (Å²) in [6, 6.07) is 6.39. The molecule has 1 aromatic carbocycles. The maximum atomic E-state index is 4.93. The summed E-state index contributed by atoms with van der Waals surface area (Å²) in [4.78, 5) is 20.6. The molecule has 0 fully saturated rings. The second-order valence-electron chi connectivity index (χ2n) is 7.06. The molecule has 29 heavy (non-hydrogen) atoms. The summed E-state index contributed by atoms with van der Waals surface area (Å²) in [5.74, 6) is 0.743. The average Bonchev–Trinajstić information content (AvgIpc) is 3.21. The van der Waals surface area contributed by atoms with Crippen molar-refractivity contribution in [3.05, 3.63) is 53.9 Å². The van der Waals surface area contributed by atoms with Crippen molar-refractivity contribution in [3.8, 4) is 11.4 Å². The third-order valence-corrected chi connectivity index (χ3v) is 5.23. The Labute approximate surface area is 170 Å². The maximum absolute atomic E-state index is 4.93. The number of benzene rings is 1. The van der Waals surface area contributed by atoms with Crippen molar-refractivity contribution in [2.24, 2.45) is 10.1 Å². The first-order valence-corrected chi connectivity index (χ1v) is 9.89. The third kappa shape index (κ3) is 3.33. The number of hydrogen-bond acceptors (Lipinski definition) is 6. The van der Waals surface area contributed by atoms with Gasteiger partial charge in [-0.15, -0.1) is 0 Å². The van der Waals surface area contributed by atoms with E-state index in [1.165, 1.54) is 5.69 Å². The summed E-state index contributed by atoms with van der Waals surface area (Å²) in [6.07, 6.45) is 5.04. The van der Waals surface area contributed by atoms with Crippen LogP contribution in [0.3, 0.4) is 0 Å². The number of rotatable bonds is 5. The van der Waals surface area contributed by atoms with E-state index in [0.29, 0.717) is 0 Å². The molecule has 2 aromatic heterocycles. The van der Waals surface area contributed by atoms with Crippen LogP contribution in [0.5, 0.6) is 0 Å². The van der Waals surface area contributed by atoms with Crippen LogP contribution in [0.15, 0.2) is 46.9 Å². The van der Waals surface area contributed by atoms with E-state index in [2.05, 4.69) is 58.9 Å². The molecule has 0 atom stereocenters. The van der Waals surface area contributed by atoms with Gasteiger partial charge < -0.3 is 4.90 Å². The van der Waals surface area contributed by atoms with Crippen LogP contribution in [0, 0.1) is 13.8 Å². The lowest BCUT2D eigenvalue weighted by atomic mass is 10.1. The number of aromatic nitrogens is 4. The zero-order valence-electron chi connectivity index (χ0n) is 17.5. The molecule has 1 aliphatic heterocycles. The van der Waals surface area contributed by atoms with Gasteiger partial charge in [-0.2, -0.15) is 5.10 Å². The van der Waals surface area contributed by atoms with Crippen LogP contribution in [-0.2, 0) is 0 Å². The highest BCUT2D eigenvalue weighted by atomic mass is 15.4. The Morgan fingerprint density at radius 2 is 1.86 bits per heavy atom. The van der Waals surface area contributed by atoms with Crippen LogP contribution in [0.25, 0.3) is 11.4 Å². The fourth-order valence-corrected chi connectivity index (χ4v) is 3.59. The van der Waals surface area contributed by atoms with Gasteiger partial charge in [-0.1, -0.05) is 0 Å². The van der Waals surface area contributed by atoms with Crippen LogP contribution in [0.4, 0.5) is 11.4 Å². The van der Waals surface area contributed by atoms with Crippen LogP contribution in [-0.4, -0.2) is 44.1 Å². The van der Waals surface area contributed by atoms with Crippen molar-refractivity contribution in [1.29, 1.82) is 0 Å². The van der Waals surface area contributed by atoms with Gasteiger partial charge in [0, 0.05) is 31.2 Å². The van der Waals surface area contributed by atoms with E-state index in [1.807, 2.05) is 18.5 Å². The normalized spacial score (nSPS) is 14.2. The number of anilines is 1. The standard InChI is InChI=1S/C22H25N7/c1-6-28(7-2)17-8-9-18(14(3)12-17)25-20-15(4)27-29-16(5)21(26-22(20)29)19-13-23-10-11-24-19/h8-13H,6-7H2,1-5H3/b25-20-. The molecule has 3 aromatic rings. The van der Waals surface area contributed by atoms with Gasteiger partial charge in [0.25, 0.3) is 0 Å². The van der Waals surface area contributed by atoms with E-state index in [0.717, 1.165) is 58.7 Å². The highest BCUT2D eigenvalue weighted by molar-refractivity contribution is 6.48. The van der Waals surface area contributed by atoms with Crippen LogP contribution >= 0.6 is 0 Å². The van der Waals surface area contributed by atoms with Crippen LogP contribution < -0.4 is 4.90 Å². The highest BCUT2D eigenvalue weighted by Gasteiger charge is 2.27. The lowest BCUT2D eigenvalue weighted by Crippen LogP contribution is -2.21. The molecule has 148 valence electrons. The molecule has 0 N–H and O–H groups in total. The molecule has 0 aliphatic carbocycles. The highest BCUT2D eigenvalue weighted by Crippen LogP contribution is 2.29. The minimum Gasteiger partial charge on any atom is -0.372 e. The molecule has 1 aliphatic rings. The molecule has 0 saturated carbocycles. The Hall–Kier alpha value is -3.35. The zero-order chi connectivity index (χ0) is 20.5. The lowest BCUT2D eigenvalue weighted by molar-refractivity contribution is 0.847. The number of nitrogens with zero attached hydrogens (tertiary/aromatic N) is 7. The van der Waals surface area contributed by atoms with Crippen molar-refractivity contribution in [1.82, 2.24) is 19.6 Å². The Morgan fingerprint density at radius 1 is 1.07 bits per heavy atom. The minimum absolute atomic E-state index is 0.735. The second kappa shape index (κ2) is 7.58. The van der Waals surface area contributed by atoms with Gasteiger partial charge in [-0.3, -0.25) is 9.97 Å². The molecule has 0 spiro atoms. The third-order valence-electron chi connectivity index (χ3n) is 5.23. The van der Waals surface area contributed by atoms with Gasteiger partial charge in [-0.05, 0) is 58.4 Å². The van der Waals surface area contributed by atoms with Gasteiger partial charge in [0.2, 0.25) is 0 Å². The maximum Gasteiger partial charge on any atom is 0.182 e. The van der Waals surface area contributed by atoms with E-state index in [9.17, 15) is 0 Å². The van der Waals surface area contributed by atoms with Crippen molar-refractivity contribution >= 4 is 22.8 Å². The molecular weight excluding hydrogens is 362 g/mol. The Balaban J connectivity index is 1.75. The largest absolute Gasteiger partial charge is 0.372 e. The van der Waals surface area contributed by atoms with Gasteiger partial charge in [0.15, 0.2) is 5.82 Å². The molecule has 0 unspecified atom stereocenters. The quantitative estimate of drug-likeness (QED) is 0.659. The topological polar surface area (TPSA) is 71.6 Å². The molecule has 0 saturated heterocycles. The van der Waals surface area contributed by atoms with Crippen LogP contribution in [0.2, 0.25) is 0 Å². The molecule has 4 rings (SSSR count). The number of hydrogen-bond donors (Lipinski definition) is 0. The SMILES string of the molecule is CCN(CC)c1ccc(/N=C2/C(C)=Nn3c2nc(-c2cnccn2)c3C)c(C)c1. The predicted molar refractivity (Wildman–Crippen MR) is 117 cm³/mol. The summed E-state index contributed by atoms with van der Waals surface area (Å²) in [7, 11) is 0. The van der Waals surface area contributed by atoms with E-state index in [1.54, 1.807) is 18.6 Å². The predicted octanol–water partition coefficient (Wildman–Crippen LogP) is 4.16. The second-order valence-corrected chi connectivity index (χ2v) is 7.06. The molecule has 0 radical (unpaired) electrons. The minimum atomic E-state index is 0.735. The van der Waals surface area contributed by atoms with Gasteiger partial charge in [0.05, 0.1) is 23.3 Å². The zero-order valence-corrected chi connectivity index (χ0v) is 17.5. The monoisotopic (exact) mass is 387 g/mol. The first-order chi connectivity index (χ1) is 14.0. The van der Waals surface area contributed by atoms with E-state index in [4.69, 9.17) is 9.98 Å². The van der Waals surface area contributed by atoms with E-state index in [-0.39, 0.29) is 0 Å². The molecule has 3 heterocycles. The van der Waals surface area contributed by atoms with Gasteiger partial charge in [-0.25, -0.2) is 14.7 Å². The molecule has 7 heteroatoms. The molecule has 0 amide bonds. The van der Waals surface area contributed by atoms with Crippen molar-refractivity contribution in [2.45, 2.75) is 34.6 Å². The lowest BCUT2D eigenvalue weighted by Gasteiger charge is -2.21. The van der Waals surface area contributed by atoms with Crippen molar-refractivity contribution in [2.75, 3.05) is 18.0 Å². The fourth-order valence-electron chi connectivity index (χ4n) is 3.59. The Kier molecular flexibility index (Phi) is 4.96. The van der Waals surface area contributed by atoms with Gasteiger partial charge >= 0.3 is 0 Å². The summed E-state index contributed by atoms with van der Waals surface area (Å²) in [5, 5.41) is 4.66.